The van der Waals surface area contributed by atoms with Crippen molar-refractivity contribution in [2.24, 2.45) is 0 Å². The van der Waals surface area contributed by atoms with Crippen LogP contribution in [0.1, 0.15) is 26.3 Å². The molecule has 0 unspecified atom stereocenters. The van der Waals surface area contributed by atoms with Gasteiger partial charge in [-0.05, 0) is 17.7 Å². The first-order chi connectivity index (χ1) is 17.3. The average Bonchev–Trinajstić information content (AvgIpc) is 3.24. The fraction of sp³-hybridized carbons (Fsp3) is 0.192. The molecule has 186 valence electrons. The van der Waals surface area contributed by atoms with Gasteiger partial charge in [0.05, 0.1) is 11.1 Å². The Morgan fingerprint density at radius 3 is 2.28 bits per heavy atom. The summed E-state index contributed by atoms with van der Waals surface area (Å²) >= 11 is 0. The van der Waals surface area contributed by atoms with Gasteiger partial charge < -0.3 is 19.9 Å². The number of ether oxygens (including phenoxy) is 1. The maximum Gasteiger partial charge on any atom is 0.422 e. The van der Waals surface area contributed by atoms with Gasteiger partial charge in [-0.1, -0.05) is 48.5 Å². The maximum absolute atomic E-state index is 12.9. The molecule has 2 aromatic heterocycles. The third-order valence-electron chi connectivity index (χ3n) is 5.31. The highest BCUT2D eigenvalue weighted by atomic mass is 19.4. The Morgan fingerprint density at radius 2 is 1.58 bits per heavy atom. The van der Waals surface area contributed by atoms with E-state index in [0.29, 0.717) is 12.1 Å². The quantitative estimate of drug-likeness (QED) is 0.341. The number of pyridine rings is 1. The summed E-state index contributed by atoms with van der Waals surface area (Å²) in [6.07, 6.45) is -1.53. The van der Waals surface area contributed by atoms with Crippen LogP contribution in [0.25, 0.3) is 10.9 Å². The fourth-order valence-corrected chi connectivity index (χ4v) is 3.64. The predicted molar refractivity (Wildman–Crippen MR) is 128 cm³/mol. The Kier molecular flexibility index (Phi) is 7.53. The van der Waals surface area contributed by atoms with E-state index in [1.54, 1.807) is 0 Å². The number of halogens is 3. The lowest BCUT2D eigenvalue weighted by atomic mass is 10.1. The number of para-hydroxylation sites is 1. The minimum Gasteiger partial charge on any atom is -0.468 e. The van der Waals surface area contributed by atoms with Gasteiger partial charge in [0.15, 0.2) is 6.61 Å². The monoisotopic (exact) mass is 496 g/mol. The lowest BCUT2D eigenvalue weighted by Gasteiger charge is -2.09. The molecule has 0 aliphatic rings. The van der Waals surface area contributed by atoms with Crippen LogP contribution in [0.2, 0.25) is 0 Å². The normalized spacial score (nSPS) is 11.3. The van der Waals surface area contributed by atoms with Gasteiger partial charge in [-0.2, -0.15) is 13.2 Å². The number of amides is 2. The third kappa shape index (κ3) is 6.41. The van der Waals surface area contributed by atoms with Gasteiger partial charge in [0.1, 0.15) is 0 Å². The number of nitrogens with zero attached hydrogens (tertiary/aromatic N) is 2. The fourth-order valence-electron chi connectivity index (χ4n) is 3.64. The van der Waals surface area contributed by atoms with Gasteiger partial charge in [-0.25, -0.2) is 4.98 Å². The van der Waals surface area contributed by atoms with Crippen molar-refractivity contribution in [3.63, 3.8) is 0 Å². The summed E-state index contributed by atoms with van der Waals surface area (Å²) < 4.78 is 43.2. The van der Waals surface area contributed by atoms with Crippen molar-refractivity contribution in [2.75, 3.05) is 19.7 Å². The summed E-state index contributed by atoms with van der Waals surface area (Å²) in [7, 11) is 0. The van der Waals surface area contributed by atoms with Crippen LogP contribution in [0.5, 0.6) is 5.88 Å². The number of carbonyl (C=O) groups excluding carboxylic acids is 2. The molecule has 4 aromatic rings. The molecular formula is C26H23F3N4O3. The first-order valence-corrected chi connectivity index (χ1v) is 11.1. The molecule has 0 aliphatic carbocycles. The highest BCUT2D eigenvalue weighted by molar-refractivity contribution is 6.07. The Labute approximate surface area is 204 Å². The van der Waals surface area contributed by atoms with E-state index in [-0.39, 0.29) is 30.4 Å². The zero-order valence-electron chi connectivity index (χ0n) is 19.1. The topological polar surface area (TPSA) is 85.2 Å². The van der Waals surface area contributed by atoms with Crippen molar-refractivity contribution in [2.45, 2.75) is 12.7 Å². The predicted octanol–water partition coefficient (Wildman–Crippen LogP) is 4.19. The van der Waals surface area contributed by atoms with E-state index < -0.39 is 18.7 Å². The highest BCUT2D eigenvalue weighted by Crippen LogP contribution is 2.22. The third-order valence-corrected chi connectivity index (χ3v) is 5.31. The minimum absolute atomic E-state index is 0.152. The van der Waals surface area contributed by atoms with E-state index >= 15 is 0 Å². The van der Waals surface area contributed by atoms with Crippen molar-refractivity contribution in [3.8, 4) is 5.88 Å². The van der Waals surface area contributed by atoms with Gasteiger partial charge in [0, 0.05) is 49.0 Å². The molecule has 2 aromatic carbocycles. The van der Waals surface area contributed by atoms with Crippen molar-refractivity contribution in [1.82, 2.24) is 20.2 Å². The lowest BCUT2D eigenvalue weighted by Crippen LogP contribution is -2.34. The molecule has 0 spiro atoms. The second kappa shape index (κ2) is 10.9. The summed E-state index contributed by atoms with van der Waals surface area (Å²) in [5, 5.41) is 6.27. The number of aromatic nitrogens is 2. The second-order valence-corrected chi connectivity index (χ2v) is 7.97. The molecule has 10 heteroatoms. The van der Waals surface area contributed by atoms with E-state index in [1.807, 2.05) is 65.4 Å². The molecule has 0 bridgehead atoms. The van der Waals surface area contributed by atoms with Crippen LogP contribution < -0.4 is 15.4 Å². The summed E-state index contributed by atoms with van der Waals surface area (Å²) in [6, 6.07) is 20.1. The first kappa shape index (κ1) is 24.8. The number of fused-ring (bicyclic) bond motifs is 1. The Hall–Kier alpha value is -4.34. The van der Waals surface area contributed by atoms with Gasteiger partial charge in [0.25, 0.3) is 11.8 Å². The van der Waals surface area contributed by atoms with Crippen molar-refractivity contribution in [1.29, 1.82) is 0 Å². The number of benzene rings is 2. The molecule has 2 amide bonds. The number of carbonyl (C=O) groups is 2. The number of hydrogen-bond donors (Lipinski definition) is 2. The number of rotatable bonds is 9. The van der Waals surface area contributed by atoms with Crippen LogP contribution in [0.3, 0.4) is 0 Å². The molecular weight excluding hydrogens is 473 g/mol. The first-order valence-electron chi connectivity index (χ1n) is 11.1. The van der Waals surface area contributed by atoms with Gasteiger partial charge >= 0.3 is 6.18 Å². The largest absolute Gasteiger partial charge is 0.468 e. The zero-order valence-corrected chi connectivity index (χ0v) is 19.1. The summed E-state index contributed by atoms with van der Waals surface area (Å²) in [4.78, 5) is 28.8. The van der Waals surface area contributed by atoms with E-state index in [2.05, 4.69) is 20.4 Å². The van der Waals surface area contributed by atoms with E-state index in [4.69, 9.17) is 0 Å². The molecule has 0 aliphatic heterocycles. The van der Waals surface area contributed by atoms with Crippen LogP contribution in [-0.4, -0.2) is 47.2 Å². The smallest absolute Gasteiger partial charge is 0.422 e. The molecule has 0 fully saturated rings. The van der Waals surface area contributed by atoms with Crippen molar-refractivity contribution in [3.05, 3.63) is 95.8 Å². The SMILES string of the molecule is O=C(NCCNC(=O)c1cn(Cc2ccccc2)c2ccccc12)c1ccc(OCC(F)(F)F)nc1. The van der Waals surface area contributed by atoms with E-state index in [1.165, 1.54) is 12.1 Å². The molecule has 0 saturated carbocycles. The molecule has 0 atom stereocenters. The molecule has 4 rings (SSSR count). The molecule has 7 nitrogen and oxygen atoms in total. The average molecular weight is 496 g/mol. The van der Waals surface area contributed by atoms with Gasteiger partial charge in [-0.3, -0.25) is 9.59 Å². The van der Waals surface area contributed by atoms with E-state index in [9.17, 15) is 22.8 Å². The summed E-state index contributed by atoms with van der Waals surface area (Å²) in [5.74, 6) is -0.971. The highest BCUT2D eigenvalue weighted by Gasteiger charge is 2.28. The van der Waals surface area contributed by atoms with Crippen molar-refractivity contribution >= 4 is 22.7 Å². The summed E-state index contributed by atoms with van der Waals surface area (Å²) in [5.41, 5.74) is 2.74. The molecule has 0 saturated heterocycles. The second-order valence-electron chi connectivity index (χ2n) is 7.97. The zero-order chi connectivity index (χ0) is 25.5. The Balaban J connectivity index is 1.31. The lowest BCUT2D eigenvalue weighted by molar-refractivity contribution is -0.154. The van der Waals surface area contributed by atoms with Gasteiger partial charge in [-0.15, -0.1) is 0 Å². The molecule has 36 heavy (non-hydrogen) atoms. The molecule has 2 N–H and O–H groups in total. The number of hydrogen-bond acceptors (Lipinski definition) is 4. The number of nitrogens with one attached hydrogen (secondary N) is 2. The number of alkyl halides is 3. The van der Waals surface area contributed by atoms with Crippen LogP contribution in [0.4, 0.5) is 13.2 Å². The molecule has 2 heterocycles. The Morgan fingerprint density at radius 1 is 0.889 bits per heavy atom. The molecule has 0 radical (unpaired) electrons. The van der Waals surface area contributed by atoms with Crippen LogP contribution in [0.15, 0.2) is 79.1 Å². The van der Waals surface area contributed by atoms with Crippen LogP contribution in [0, 0.1) is 0 Å². The standard InChI is InChI=1S/C26H23F3N4O3/c27-26(28,29)17-36-23-11-10-19(14-32-23)24(34)30-12-13-31-25(35)21-16-33(15-18-6-2-1-3-7-18)22-9-5-4-8-20(21)22/h1-11,14,16H,12-13,15,17H2,(H,30,34)(H,31,35). The van der Waals surface area contributed by atoms with E-state index in [0.717, 1.165) is 22.7 Å². The summed E-state index contributed by atoms with van der Waals surface area (Å²) in [6.45, 7) is -0.503. The van der Waals surface area contributed by atoms with Crippen LogP contribution in [-0.2, 0) is 6.54 Å². The van der Waals surface area contributed by atoms with Crippen LogP contribution >= 0.6 is 0 Å². The Bertz CT molecular complexity index is 1340. The minimum atomic E-state index is -4.47. The maximum atomic E-state index is 12.9. The van der Waals surface area contributed by atoms with Gasteiger partial charge in [0.2, 0.25) is 5.88 Å². The van der Waals surface area contributed by atoms with Crippen molar-refractivity contribution < 1.29 is 27.5 Å².